The fraction of sp³-hybridized carbons (Fsp3) is 0.441. The Morgan fingerprint density at radius 1 is 1.13 bits per heavy atom. The second-order valence-electron chi connectivity index (χ2n) is 11.9. The van der Waals surface area contributed by atoms with E-state index in [9.17, 15) is 19.5 Å². The summed E-state index contributed by atoms with van der Waals surface area (Å²) in [5.41, 5.74) is 2.21. The fourth-order valence-corrected chi connectivity index (χ4v) is 9.65. The Hall–Kier alpha value is -4.16. The van der Waals surface area contributed by atoms with Crippen molar-refractivity contribution in [3.63, 3.8) is 0 Å². The molecule has 46 heavy (non-hydrogen) atoms. The monoisotopic (exact) mass is 644 g/mol. The Labute approximate surface area is 272 Å². The number of carbonyl (C=O) groups excluding carboxylic acids is 3. The van der Waals surface area contributed by atoms with E-state index >= 15 is 0 Å². The minimum Gasteiger partial charge on any atom is -0.494 e. The van der Waals surface area contributed by atoms with Crippen molar-refractivity contribution in [1.82, 2.24) is 24.8 Å². The van der Waals surface area contributed by atoms with Crippen molar-refractivity contribution < 1.29 is 24.2 Å². The number of hydrogen-bond acceptors (Lipinski definition) is 8. The highest BCUT2D eigenvalue weighted by Crippen LogP contribution is 2.66. The highest BCUT2D eigenvalue weighted by Gasteiger charge is 2.74. The molecule has 3 aliphatic heterocycles. The van der Waals surface area contributed by atoms with Crippen molar-refractivity contribution in [3.05, 3.63) is 73.8 Å². The third-order valence-electron chi connectivity index (χ3n) is 9.30. The number of aliphatic hydroxyl groups is 1. The molecule has 2 unspecified atom stereocenters. The van der Waals surface area contributed by atoms with Crippen molar-refractivity contribution in [2.45, 2.75) is 48.9 Å². The van der Waals surface area contributed by atoms with E-state index in [0.717, 1.165) is 17.5 Å². The van der Waals surface area contributed by atoms with E-state index in [-0.39, 0.29) is 55.9 Å². The van der Waals surface area contributed by atoms with E-state index in [1.807, 2.05) is 55.5 Å². The van der Waals surface area contributed by atoms with Gasteiger partial charge in [0.05, 0.1) is 28.7 Å². The number of carbonyl (C=O) groups is 3. The smallest absolute Gasteiger partial charge is 0.248 e. The molecule has 0 aliphatic carbocycles. The molecule has 3 saturated heterocycles. The number of fused-ring (bicyclic) bond motifs is 2. The Morgan fingerprint density at radius 3 is 2.61 bits per heavy atom. The van der Waals surface area contributed by atoms with Gasteiger partial charge in [0, 0.05) is 37.2 Å². The van der Waals surface area contributed by atoms with Crippen LogP contribution in [0.25, 0.3) is 11.0 Å². The van der Waals surface area contributed by atoms with Crippen LogP contribution in [0.1, 0.15) is 26.2 Å². The summed E-state index contributed by atoms with van der Waals surface area (Å²) in [6.45, 7) is 11.0. The molecule has 3 aromatic rings. The summed E-state index contributed by atoms with van der Waals surface area (Å²) in [5.74, 6) is -1.11. The third kappa shape index (κ3) is 5.37. The van der Waals surface area contributed by atoms with Gasteiger partial charge in [0.2, 0.25) is 17.7 Å². The number of hydrogen-bond donors (Lipinski definition) is 1. The molecule has 2 bridgehead atoms. The average Bonchev–Trinajstić information content (AvgIpc) is 3.82. The maximum atomic E-state index is 14.7. The number of benzene rings is 2. The number of para-hydroxylation sites is 1. The van der Waals surface area contributed by atoms with Crippen molar-refractivity contribution >= 4 is 46.2 Å². The summed E-state index contributed by atoms with van der Waals surface area (Å²) >= 11 is 1.62. The quantitative estimate of drug-likeness (QED) is 0.265. The molecule has 12 heteroatoms. The van der Waals surface area contributed by atoms with E-state index in [0.29, 0.717) is 30.9 Å². The molecule has 1 spiro atoms. The number of aliphatic hydroxyl groups excluding tert-OH is 1. The first kappa shape index (κ1) is 31.8. The van der Waals surface area contributed by atoms with E-state index < -0.39 is 22.6 Å². The first-order valence-electron chi connectivity index (χ1n) is 15.8. The molecule has 3 amide bonds. The van der Waals surface area contributed by atoms with Crippen LogP contribution in [0, 0.1) is 11.8 Å². The van der Waals surface area contributed by atoms with Gasteiger partial charge >= 0.3 is 0 Å². The van der Waals surface area contributed by atoms with Crippen LogP contribution in [0.2, 0.25) is 0 Å². The lowest BCUT2D eigenvalue weighted by molar-refractivity contribution is -0.143. The molecule has 0 saturated carbocycles. The molecular weight excluding hydrogens is 604 g/mol. The van der Waals surface area contributed by atoms with Crippen molar-refractivity contribution in [2.75, 3.05) is 37.7 Å². The molecular formula is C34H40N6O5S. The van der Waals surface area contributed by atoms with Crippen molar-refractivity contribution in [1.29, 1.82) is 0 Å². The van der Waals surface area contributed by atoms with Gasteiger partial charge in [-0.3, -0.25) is 14.4 Å². The first-order chi connectivity index (χ1) is 22.4. The minimum atomic E-state index is -0.794. The maximum absolute atomic E-state index is 14.7. The first-order valence-corrected chi connectivity index (χ1v) is 16.7. The topological polar surface area (TPSA) is 121 Å². The molecule has 5 atom stereocenters. The number of nitrogens with zero attached hydrogens (tertiary/aromatic N) is 6. The summed E-state index contributed by atoms with van der Waals surface area (Å²) in [5, 5.41) is 18.2. The van der Waals surface area contributed by atoms with E-state index in [2.05, 4.69) is 23.5 Å². The lowest BCUT2D eigenvalue weighted by Crippen LogP contribution is -2.55. The molecule has 3 fully saturated rings. The van der Waals surface area contributed by atoms with Crippen LogP contribution in [0.5, 0.6) is 5.75 Å². The SMILES string of the molecule is C=CCN(Cn1nnc2ccccc21)C(=O)C1N(CCCO)C(=O)[C@@H]2[C@H](C(=O)N(CC=C)c3ccc(OCC)cc3)[C@@H]3CCC12S3. The van der Waals surface area contributed by atoms with Crippen molar-refractivity contribution in [3.8, 4) is 5.75 Å². The number of aromatic nitrogens is 3. The fourth-order valence-electron chi connectivity index (χ4n) is 7.45. The molecule has 0 radical (unpaired) electrons. The molecule has 3 aliphatic rings. The Bertz CT molecular complexity index is 1630. The van der Waals surface area contributed by atoms with Gasteiger partial charge < -0.3 is 24.5 Å². The molecule has 1 N–H and O–H groups in total. The summed E-state index contributed by atoms with van der Waals surface area (Å²) in [4.78, 5) is 48.6. The van der Waals surface area contributed by atoms with Crippen LogP contribution < -0.4 is 9.64 Å². The van der Waals surface area contributed by atoms with E-state index in [1.54, 1.807) is 43.3 Å². The zero-order chi connectivity index (χ0) is 32.4. The van der Waals surface area contributed by atoms with E-state index in [4.69, 9.17) is 4.74 Å². The lowest BCUT2D eigenvalue weighted by Gasteiger charge is -2.37. The van der Waals surface area contributed by atoms with Crippen molar-refractivity contribution in [2.24, 2.45) is 11.8 Å². The number of rotatable bonds is 14. The summed E-state index contributed by atoms with van der Waals surface area (Å²) in [6.07, 6.45) is 5.05. The number of likely N-dealkylation sites (tertiary alicyclic amines) is 1. The molecule has 6 rings (SSSR count). The normalized spacial score (nSPS) is 24.7. The standard InChI is InChI=1S/C34H40N6O5S/c1-4-18-37(22-40-26-11-8-7-10-25(26)35-36-40)33(44)30-34-17-16-27(46-34)28(29(34)32(43)39(30)20-9-21-41)31(42)38(19-5-2)23-12-14-24(15-13-23)45-6-3/h4-5,7-8,10-15,27-30,41H,1-2,6,9,16-22H2,3H3/t27-,28+,29-,30?,34?/m0/s1. The second-order valence-corrected chi connectivity index (χ2v) is 13.5. The summed E-state index contributed by atoms with van der Waals surface area (Å²) in [6, 6.07) is 14.1. The zero-order valence-electron chi connectivity index (χ0n) is 26.0. The summed E-state index contributed by atoms with van der Waals surface area (Å²) < 4.78 is 6.50. The van der Waals surface area contributed by atoms with Gasteiger partial charge in [-0.15, -0.1) is 30.0 Å². The highest BCUT2D eigenvalue weighted by molar-refractivity contribution is 8.02. The van der Waals surface area contributed by atoms with Gasteiger partial charge in [-0.25, -0.2) is 4.68 Å². The maximum Gasteiger partial charge on any atom is 0.248 e. The van der Waals surface area contributed by atoms with Gasteiger partial charge in [0.1, 0.15) is 24.0 Å². The largest absolute Gasteiger partial charge is 0.494 e. The van der Waals surface area contributed by atoms with Crippen LogP contribution in [0.3, 0.4) is 0 Å². The van der Waals surface area contributed by atoms with Crippen LogP contribution in [0.15, 0.2) is 73.8 Å². The Balaban J connectivity index is 1.34. The highest BCUT2D eigenvalue weighted by atomic mass is 32.2. The van der Waals surface area contributed by atoms with Gasteiger partial charge in [0.25, 0.3) is 0 Å². The van der Waals surface area contributed by atoms with Gasteiger partial charge in [-0.2, -0.15) is 0 Å². The molecule has 4 heterocycles. The van der Waals surface area contributed by atoms with Crippen LogP contribution in [-0.4, -0.2) is 96.5 Å². The summed E-state index contributed by atoms with van der Waals surface area (Å²) in [7, 11) is 0. The number of amides is 3. The predicted molar refractivity (Wildman–Crippen MR) is 177 cm³/mol. The molecule has 2 aromatic carbocycles. The lowest BCUT2D eigenvalue weighted by atomic mass is 9.70. The molecule has 1 aromatic heterocycles. The van der Waals surface area contributed by atoms with Gasteiger partial charge in [-0.1, -0.05) is 29.5 Å². The molecule has 11 nitrogen and oxygen atoms in total. The van der Waals surface area contributed by atoms with Crippen LogP contribution in [-0.2, 0) is 21.1 Å². The number of thioether (sulfide) groups is 1. The number of anilines is 1. The number of ether oxygens (including phenoxy) is 1. The van der Waals surface area contributed by atoms with Crippen LogP contribution in [0.4, 0.5) is 5.69 Å². The van der Waals surface area contributed by atoms with Gasteiger partial charge in [0.15, 0.2) is 0 Å². The average molecular weight is 645 g/mol. The van der Waals surface area contributed by atoms with Crippen LogP contribution >= 0.6 is 11.8 Å². The molecule has 242 valence electrons. The predicted octanol–water partition coefficient (Wildman–Crippen LogP) is 3.49. The van der Waals surface area contributed by atoms with Gasteiger partial charge in [-0.05, 0) is 62.6 Å². The zero-order valence-corrected chi connectivity index (χ0v) is 26.8. The second kappa shape index (κ2) is 13.3. The van der Waals surface area contributed by atoms with E-state index in [1.165, 1.54) is 0 Å². The Kier molecular flexibility index (Phi) is 9.19. The Morgan fingerprint density at radius 2 is 1.89 bits per heavy atom. The minimum absolute atomic E-state index is 0.0983. The third-order valence-corrected chi connectivity index (χ3v) is 11.3.